The molecule has 4 aromatic rings. The van der Waals surface area contributed by atoms with E-state index in [9.17, 15) is 9.59 Å². The molecule has 0 bridgehead atoms. The van der Waals surface area contributed by atoms with E-state index in [1.165, 1.54) is 9.13 Å². The zero-order valence-electron chi connectivity index (χ0n) is 15.9. The van der Waals surface area contributed by atoms with Crippen molar-refractivity contribution in [2.45, 2.75) is 24.9 Å². The minimum absolute atomic E-state index is 0.300. The fraction of sp³-hybridized carbons (Fsp3) is 0.316. The quantitative estimate of drug-likeness (QED) is 0.291. The molecule has 0 radical (unpaired) electrons. The Morgan fingerprint density at radius 1 is 1.11 bits per heavy atom. The third kappa shape index (κ3) is 3.11. The summed E-state index contributed by atoms with van der Waals surface area (Å²) >= 11 is 1.61. The topological polar surface area (TPSA) is 87.6 Å². The van der Waals surface area contributed by atoms with Crippen LogP contribution in [0.15, 0.2) is 45.2 Å². The van der Waals surface area contributed by atoms with Gasteiger partial charge < -0.3 is 4.57 Å². The van der Waals surface area contributed by atoms with Crippen LogP contribution in [0.5, 0.6) is 0 Å². The van der Waals surface area contributed by atoms with E-state index >= 15 is 0 Å². The molecule has 28 heavy (non-hydrogen) atoms. The molecular formula is C19H20N6O2S. The molecule has 144 valence electrons. The zero-order valence-corrected chi connectivity index (χ0v) is 16.7. The van der Waals surface area contributed by atoms with Gasteiger partial charge in [0.05, 0.1) is 11.8 Å². The maximum Gasteiger partial charge on any atom is 0.332 e. The summed E-state index contributed by atoms with van der Waals surface area (Å²) in [4.78, 5) is 38.4. The first-order valence-electron chi connectivity index (χ1n) is 8.94. The number of hydrogen-bond donors (Lipinski definition) is 0. The summed E-state index contributed by atoms with van der Waals surface area (Å²) in [6, 6.07) is 7.91. The maximum atomic E-state index is 12.7. The molecule has 0 saturated heterocycles. The summed E-state index contributed by atoms with van der Waals surface area (Å²) in [6.45, 7) is 2.23. The second-order valence-corrected chi connectivity index (χ2v) is 7.70. The van der Waals surface area contributed by atoms with Gasteiger partial charge in [-0.05, 0) is 19.4 Å². The van der Waals surface area contributed by atoms with Crippen LogP contribution in [0.3, 0.4) is 0 Å². The lowest BCUT2D eigenvalue weighted by atomic mass is 10.2. The molecule has 4 rings (SSSR count). The predicted molar refractivity (Wildman–Crippen MR) is 110 cm³/mol. The molecular weight excluding hydrogens is 376 g/mol. The van der Waals surface area contributed by atoms with Gasteiger partial charge in [0, 0.05) is 31.8 Å². The van der Waals surface area contributed by atoms with Crippen molar-refractivity contribution in [1.82, 2.24) is 28.7 Å². The maximum absolute atomic E-state index is 12.7. The van der Waals surface area contributed by atoms with Crippen LogP contribution in [0.2, 0.25) is 0 Å². The van der Waals surface area contributed by atoms with Crippen LogP contribution in [0, 0.1) is 6.92 Å². The van der Waals surface area contributed by atoms with E-state index in [4.69, 9.17) is 0 Å². The number of fused-ring (bicyclic) bond motifs is 2. The summed E-state index contributed by atoms with van der Waals surface area (Å²) in [5, 5.41) is 1.94. The highest BCUT2D eigenvalue weighted by atomic mass is 32.2. The Morgan fingerprint density at radius 3 is 2.71 bits per heavy atom. The fourth-order valence-corrected chi connectivity index (χ4v) is 4.24. The Balaban J connectivity index is 1.55. The van der Waals surface area contributed by atoms with Crippen LogP contribution in [-0.4, -0.2) is 34.4 Å². The minimum Gasteiger partial charge on any atom is -0.328 e. The van der Waals surface area contributed by atoms with E-state index in [2.05, 4.69) is 15.0 Å². The number of imidazole rings is 1. The lowest BCUT2D eigenvalue weighted by Gasteiger charge is -2.09. The van der Waals surface area contributed by atoms with E-state index in [-0.39, 0.29) is 11.2 Å². The molecule has 0 atom stereocenters. The smallest absolute Gasteiger partial charge is 0.328 e. The molecule has 0 aliphatic heterocycles. The standard InChI is InChI=1S/C19H20N6O2S/c1-12-21-14-8-5-4-7-13(14)17(22-12)28-10-6-9-25-18(26)15-16(20-11-23(15)2)24(3)19(25)27/h4-5,7-8,11H,6,9-10H2,1-3H3. The van der Waals surface area contributed by atoms with Crippen molar-refractivity contribution in [3.8, 4) is 0 Å². The highest BCUT2D eigenvalue weighted by Crippen LogP contribution is 2.25. The number of aromatic nitrogens is 6. The zero-order chi connectivity index (χ0) is 19.8. The summed E-state index contributed by atoms with van der Waals surface area (Å²) in [5.41, 5.74) is 1.12. The molecule has 0 spiro atoms. The van der Waals surface area contributed by atoms with Crippen molar-refractivity contribution in [3.63, 3.8) is 0 Å². The van der Waals surface area contributed by atoms with E-state index in [0.29, 0.717) is 24.1 Å². The molecule has 1 aromatic carbocycles. The predicted octanol–water partition coefficient (Wildman–Crippen LogP) is 1.87. The highest BCUT2D eigenvalue weighted by Gasteiger charge is 2.14. The van der Waals surface area contributed by atoms with E-state index < -0.39 is 0 Å². The molecule has 0 aliphatic rings. The van der Waals surface area contributed by atoms with Gasteiger partial charge in [-0.25, -0.2) is 19.7 Å². The second kappa shape index (κ2) is 7.23. The van der Waals surface area contributed by atoms with Gasteiger partial charge in [-0.15, -0.1) is 11.8 Å². The number of rotatable bonds is 5. The Morgan fingerprint density at radius 2 is 1.89 bits per heavy atom. The van der Waals surface area contributed by atoms with Gasteiger partial charge in [0.25, 0.3) is 5.56 Å². The summed E-state index contributed by atoms with van der Waals surface area (Å²) in [7, 11) is 3.39. The van der Waals surface area contributed by atoms with Crippen LogP contribution in [-0.2, 0) is 20.6 Å². The largest absolute Gasteiger partial charge is 0.332 e. The number of aryl methyl sites for hydroxylation is 3. The van der Waals surface area contributed by atoms with Gasteiger partial charge >= 0.3 is 5.69 Å². The number of para-hydroxylation sites is 1. The molecule has 0 unspecified atom stereocenters. The van der Waals surface area contributed by atoms with E-state index in [1.54, 1.807) is 36.8 Å². The van der Waals surface area contributed by atoms with Gasteiger partial charge in [-0.2, -0.15) is 0 Å². The normalized spacial score (nSPS) is 11.5. The first-order chi connectivity index (χ1) is 13.5. The Labute approximate surface area is 164 Å². The first-order valence-corrected chi connectivity index (χ1v) is 9.93. The van der Waals surface area contributed by atoms with Crippen LogP contribution in [0.25, 0.3) is 22.1 Å². The van der Waals surface area contributed by atoms with E-state index in [0.717, 1.165) is 27.5 Å². The average Bonchev–Trinajstić information content (AvgIpc) is 3.07. The highest BCUT2D eigenvalue weighted by molar-refractivity contribution is 7.99. The molecule has 9 heteroatoms. The van der Waals surface area contributed by atoms with Gasteiger partial charge in [0.1, 0.15) is 10.9 Å². The van der Waals surface area contributed by atoms with Crippen LogP contribution in [0.4, 0.5) is 0 Å². The molecule has 3 aromatic heterocycles. The van der Waals surface area contributed by atoms with Crippen molar-refractivity contribution in [1.29, 1.82) is 0 Å². The lowest BCUT2D eigenvalue weighted by Crippen LogP contribution is -2.39. The number of thioether (sulfide) groups is 1. The first kappa shape index (κ1) is 18.4. The summed E-state index contributed by atoms with van der Waals surface area (Å²) < 4.78 is 4.36. The molecule has 8 nitrogen and oxygen atoms in total. The summed E-state index contributed by atoms with van der Waals surface area (Å²) in [5.74, 6) is 1.47. The van der Waals surface area contributed by atoms with Crippen LogP contribution in [0.1, 0.15) is 12.2 Å². The molecule has 0 aliphatic carbocycles. The molecule has 0 saturated carbocycles. The molecule has 0 fully saturated rings. The molecule has 3 heterocycles. The lowest BCUT2D eigenvalue weighted by molar-refractivity contribution is 0.594. The van der Waals surface area contributed by atoms with Gasteiger partial charge in [0.15, 0.2) is 11.2 Å². The third-order valence-corrected chi connectivity index (χ3v) is 5.72. The van der Waals surface area contributed by atoms with Gasteiger partial charge in [0.2, 0.25) is 0 Å². The van der Waals surface area contributed by atoms with Crippen molar-refractivity contribution >= 4 is 33.8 Å². The monoisotopic (exact) mass is 396 g/mol. The van der Waals surface area contributed by atoms with Crippen molar-refractivity contribution in [2.24, 2.45) is 14.1 Å². The second-order valence-electron chi connectivity index (χ2n) is 6.62. The van der Waals surface area contributed by atoms with Crippen molar-refractivity contribution < 1.29 is 0 Å². The van der Waals surface area contributed by atoms with Crippen LogP contribution < -0.4 is 11.2 Å². The minimum atomic E-state index is -0.343. The Bertz CT molecular complexity index is 1300. The SMILES string of the molecule is Cc1nc(SCCCn2c(=O)c3c(ncn3C)n(C)c2=O)c2ccccc2n1. The molecule has 0 N–H and O–H groups in total. The van der Waals surface area contributed by atoms with Gasteiger partial charge in [-0.3, -0.25) is 13.9 Å². The fourth-order valence-electron chi connectivity index (χ4n) is 3.25. The number of benzene rings is 1. The van der Waals surface area contributed by atoms with Crippen LogP contribution >= 0.6 is 11.8 Å². The van der Waals surface area contributed by atoms with Crippen molar-refractivity contribution in [3.05, 3.63) is 57.3 Å². The number of nitrogens with zero attached hydrogens (tertiary/aromatic N) is 6. The van der Waals surface area contributed by atoms with Crippen molar-refractivity contribution in [2.75, 3.05) is 5.75 Å². The molecule has 0 amide bonds. The Hall–Kier alpha value is -2.94. The van der Waals surface area contributed by atoms with E-state index in [1.807, 2.05) is 31.2 Å². The summed E-state index contributed by atoms with van der Waals surface area (Å²) in [6.07, 6.45) is 2.22. The average molecular weight is 396 g/mol. The van der Waals surface area contributed by atoms with Gasteiger partial charge in [-0.1, -0.05) is 18.2 Å². The third-order valence-electron chi connectivity index (χ3n) is 4.65. The number of hydrogen-bond acceptors (Lipinski definition) is 6. The Kier molecular flexibility index (Phi) is 4.76.